The van der Waals surface area contributed by atoms with Crippen LogP contribution in [0.2, 0.25) is 10.0 Å². The van der Waals surface area contributed by atoms with E-state index in [4.69, 9.17) is 27.9 Å². The van der Waals surface area contributed by atoms with Crippen molar-refractivity contribution in [2.75, 3.05) is 19.6 Å². The first-order valence-electron chi connectivity index (χ1n) is 15.7. The SMILES string of the molecule is CC(C)(C)OC(=O)NC1CCN(C(=O)c2ccc(-c3cc(Cl)c(CC4CCN(C5CCCCC5)C4=O)c(Cl)c3)cc2)CC1. The molecule has 43 heavy (non-hydrogen) atoms. The summed E-state index contributed by atoms with van der Waals surface area (Å²) in [6.45, 7) is 7.46. The van der Waals surface area contributed by atoms with Crippen LogP contribution in [0.15, 0.2) is 36.4 Å². The summed E-state index contributed by atoms with van der Waals surface area (Å²) >= 11 is 13.5. The van der Waals surface area contributed by atoms with Crippen molar-refractivity contribution >= 4 is 41.1 Å². The molecule has 3 fully saturated rings. The molecular formula is C34H43Cl2N3O4. The van der Waals surface area contributed by atoms with Crippen molar-refractivity contribution in [3.63, 3.8) is 0 Å². The highest BCUT2D eigenvalue weighted by Crippen LogP contribution is 2.37. The molecule has 1 aliphatic carbocycles. The van der Waals surface area contributed by atoms with Gasteiger partial charge in [0.1, 0.15) is 5.60 Å². The van der Waals surface area contributed by atoms with Gasteiger partial charge >= 0.3 is 6.09 Å². The van der Waals surface area contributed by atoms with Gasteiger partial charge in [-0.05, 0) is 100 Å². The number of nitrogens with zero attached hydrogens (tertiary/aromatic N) is 2. The molecule has 9 heteroatoms. The van der Waals surface area contributed by atoms with Crippen molar-refractivity contribution in [3.05, 3.63) is 57.6 Å². The lowest BCUT2D eigenvalue weighted by Crippen LogP contribution is -2.47. The van der Waals surface area contributed by atoms with Gasteiger partial charge in [0.25, 0.3) is 5.91 Å². The molecule has 2 heterocycles. The van der Waals surface area contributed by atoms with Crippen molar-refractivity contribution in [3.8, 4) is 11.1 Å². The minimum absolute atomic E-state index is 0.0126. The Labute approximate surface area is 265 Å². The van der Waals surface area contributed by atoms with Crippen LogP contribution in [0.5, 0.6) is 0 Å². The van der Waals surface area contributed by atoms with Crippen LogP contribution in [0.3, 0.4) is 0 Å². The molecule has 0 radical (unpaired) electrons. The number of rotatable bonds is 6. The maximum atomic E-state index is 13.2. The normalized spacial score (nSPS) is 20.4. The third-order valence-electron chi connectivity index (χ3n) is 8.93. The van der Waals surface area contributed by atoms with Crippen molar-refractivity contribution in [2.24, 2.45) is 5.92 Å². The Morgan fingerprint density at radius 3 is 2.12 bits per heavy atom. The third-order valence-corrected chi connectivity index (χ3v) is 9.60. The highest BCUT2D eigenvalue weighted by Gasteiger charge is 2.37. The molecular weight excluding hydrogens is 585 g/mol. The number of halogens is 2. The zero-order valence-electron chi connectivity index (χ0n) is 25.5. The molecule has 7 nitrogen and oxygen atoms in total. The summed E-state index contributed by atoms with van der Waals surface area (Å²) < 4.78 is 5.35. The van der Waals surface area contributed by atoms with Crippen molar-refractivity contribution in [1.29, 1.82) is 0 Å². The molecule has 2 aromatic carbocycles. The second-order valence-electron chi connectivity index (χ2n) is 13.2. The van der Waals surface area contributed by atoms with Crippen molar-refractivity contribution in [2.45, 2.75) is 96.2 Å². The largest absolute Gasteiger partial charge is 0.444 e. The van der Waals surface area contributed by atoms with Gasteiger partial charge in [0.15, 0.2) is 0 Å². The molecule has 1 atom stereocenters. The predicted molar refractivity (Wildman–Crippen MR) is 171 cm³/mol. The Balaban J connectivity index is 1.17. The molecule has 1 saturated carbocycles. The van der Waals surface area contributed by atoms with E-state index in [0.29, 0.717) is 54.0 Å². The van der Waals surface area contributed by atoms with Gasteiger partial charge in [0.05, 0.1) is 0 Å². The number of hydrogen-bond acceptors (Lipinski definition) is 4. The average molecular weight is 629 g/mol. The van der Waals surface area contributed by atoms with E-state index in [2.05, 4.69) is 10.2 Å². The van der Waals surface area contributed by atoms with Crippen LogP contribution in [0.1, 0.15) is 88.1 Å². The maximum absolute atomic E-state index is 13.2. The molecule has 2 aliphatic heterocycles. The first kappa shape index (κ1) is 31.6. The first-order valence-corrected chi connectivity index (χ1v) is 16.4. The van der Waals surface area contributed by atoms with E-state index in [1.165, 1.54) is 19.3 Å². The Hall–Kier alpha value is -2.77. The number of likely N-dealkylation sites (tertiary alicyclic amines) is 2. The molecule has 232 valence electrons. The van der Waals surface area contributed by atoms with E-state index in [1.807, 2.05) is 62.1 Å². The Morgan fingerprint density at radius 2 is 1.51 bits per heavy atom. The number of ether oxygens (including phenoxy) is 1. The molecule has 1 N–H and O–H groups in total. The number of piperidine rings is 1. The molecule has 2 saturated heterocycles. The van der Waals surface area contributed by atoms with Gasteiger partial charge in [-0.1, -0.05) is 54.6 Å². The van der Waals surface area contributed by atoms with Gasteiger partial charge in [-0.2, -0.15) is 0 Å². The van der Waals surface area contributed by atoms with E-state index >= 15 is 0 Å². The summed E-state index contributed by atoms with van der Waals surface area (Å²) in [5.74, 6) is 0.135. The number of hydrogen-bond donors (Lipinski definition) is 1. The molecule has 1 unspecified atom stereocenters. The summed E-state index contributed by atoms with van der Waals surface area (Å²) in [4.78, 5) is 42.4. The minimum atomic E-state index is -0.544. The molecule has 2 aromatic rings. The van der Waals surface area contributed by atoms with Crippen LogP contribution >= 0.6 is 23.2 Å². The summed E-state index contributed by atoms with van der Waals surface area (Å²) in [5.41, 5.74) is 2.67. The molecule has 0 aromatic heterocycles. The van der Waals surface area contributed by atoms with Crippen LogP contribution in [-0.4, -0.2) is 65.0 Å². The van der Waals surface area contributed by atoms with Crippen LogP contribution in [0.25, 0.3) is 11.1 Å². The number of nitrogens with one attached hydrogen (secondary N) is 1. The molecule has 3 amide bonds. The van der Waals surface area contributed by atoms with E-state index in [9.17, 15) is 14.4 Å². The summed E-state index contributed by atoms with van der Waals surface area (Å²) in [6.07, 6.45) is 8.25. The van der Waals surface area contributed by atoms with Gasteiger partial charge in [0, 0.05) is 53.2 Å². The Morgan fingerprint density at radius 1 is 0.884 bits per heavy atom. The number of amides is 3. The van der Waals surface area contributed by atoms with E-state index in [-0.39, 0.29) is 23.8 Å². The number of alkyl carbamates (subject to hydrolysis) is 1. The zero-order valence-corrected chi connectivity index (χ0v) is 27.0. The van der Waals surface area contributed by atoms with Crippen molar-refractivity contribution < 1.29 is 19.1 Å². The topological polar surface area (TPSA) is 79.0 Å². The van der Waals surface area contributed by atoms with Crippen LogP contribution < -0.4 is 5.32 Å². The second-order valence-corrected chi connectivity index (χ2v) is 14.0. The fraction of sp³-hybridized carbons (Fsp3) is 0.559. The number of carbonyl (C=O) groups is 3. The predicted octanol–water partition coefficient (Wildman–Crippen LogP) is 7.51. The van der Waals surface area contributed by atoms with E-state index in [0.717, 1.165) is 42.5 Å². The van der Waals surface area contributed by atoms with Gasteiger partial charge < -0.3 is 19.9 Å². The van der Waals surface area contributed by atoms with Gasteiger partial charge in [-0.25, -0.2) is 4.79 Å². The zero-order chi connectivity index (χ0) is 30.7. The number of benzene rings is 2. The van der Waals surface area contributed by atoms with Crippen LogP contribution in [0.4, 0.5) is 4.79 Å². The Kier molecular flexibility index (Phi) is 9.92. The third kappa shape index (κ3) is 7.85. The fourth-order valence-corrected chi connectivity index (χ4v) is 7.25. The first-order chi connectivity index (χ1) is 20.5. The lowest BCUT2D eigenvalue weighted by molar-refractivity contribution is -0.133. The van der Waals surface area contributed by atoms with Gasteiger partial charge in [-0.3, -0.25) is 9.59 Å². The smallest absolute Gasteiger partial charge is 0.407 e. The highest BCUT2D eigenvalue weighted by atomic mass is 35.5. The van der Waals surface area contributed by atoms with Crippen LogP contribution in [-0.2, 0) is 16.0 Å². The quantitative estimate of drug-likeness (QED) is 0.359. The lowest BCUT2D eigenvalue weighted by Gasteiger charge is -2.33. The maximum Gasteiger partial charge on any atom is 0.407 e. The summed E-state index contributed by atoms with van der Waals surface area (Å²) in [5, 5.41) is 4.04. The van der Waals surface area contributed by atoms with Crippen LogP contribution in [0, 0.1) is 5.92 Å². The standard InChI is InChI=1S/C34H43Cl2N3O4/c1-34(2,3)43-33(42)37-26-14-16-38(17-15-26)31(40)23-11-9-22(10-12-23)25-20-29(35)28(30(36)21-25)19-24-13-18-39(32(24)41)27-7-5-4-6-8-27/h9-12,20-21,24,26-27H,4-8,13-19H2,1-3H3,(H,37,42). The molecule has 0 bridgehead atoms. The summed E-state index contributed by atoms with van der Waals surface area (Å²) in [7, 11) is 0. The molecule has 0 spiro atoms. The average Bonchev–Trinajstić information content (AvgIpc) is 3.34. The summed E-state index contributed by atoms with van der Waals surface area (Å²) in [6, 6.07) is 11.7. The van der Waals surface area contributed by atoms with Gasteiger partial charge in [-0.15, -0.1) is 0 Å². The molecule has 3 aliphatic rings. The highest BCUT2D eigenvalue weighted by molar-refractivity contribution is 6.36. The van der Waals surface area contributed by atoms with Crippen molar-refractivity contribution in [1.82, 2.24) is 15.1 Å². The monoisotopic (exact) mass is 627 g/mol. The minimum Gasteiger partial charge on any atom is -0.444 e. The Bertz CT molecular complexity index is 1300. The lowest BCUT2D eigenvalue weighted by atomic mass is 9.93. The molecule has 5 rings (SSSR count). The van der Waals surface area contributed by atoms with E-state index < -0.39 is 11.7 Å². The number of carbonyl (C=O) groups excluding carboxylic acids is 3. The van der Waals surface area contributed by atoms with Gasteiger partial charge in [0.2, 0.25) is 5.91 Å². The second kappa shape index (κ2) is 13.5. The van der Waals surface area contributed by atoms with E-state index in [1.54, 1.807) is 0 Å². The fourth-order valence-electron chi connectivity index (χ4n) is 6.61.